The number of thiol groups is 1. The maximum absolute atomic E-state index is 7.80. The van der Waals surface area contributed by atoms with Crippen LogP contribution in [-0.2, 0) is 0 Å². The second kappa shape index (κ2) is 15.7. The van der Waals surface area contributed by atoms with Gasteiger partial charge in [0, 0.05) is 12.3 Å². The van der Waals surface area contributed by atoms with Crippen molar-refractivity contribution in [3.8, 4) is 0 Å². The molecule has 0 fully saturated rings. The molecule has 0 amide bonds. The molecule has 0 saturated carbocycles. The Kier molecular flexibility index (Phi) is 21.7. The van der Waals surface area contributed by atoms with E-state index in [2.05, 4.69) is 12.6 Å². The van der Waals surface area contributed by atoms with E-state index in [0.29, 0.717) is 12.3 Å². The van der Waals surface area contributed by atoms with Gasteiger partial charge in [-0.1, -0.05) is 0 Å². The Hall–Kier alpha value is 0.230. The minimum Gasteiger partial charge on any atom is -0.396 e. The molecule has 3 nitrogen and oxygen atoms in total. The highest BCUT2D eigenvalue weighted by molar-refractivity contribution is 7.80. The van der Waals surface area contributed by atoms with E-state index in [1.165, 1.54) is 0 Å². The van der Waals surface area contributed by atoms with Crippen LogP contribution in [0.2, 0.25) is 0 Å². The average molecular weight is 139 g/mol. The van der Waals surface area contributed by atoms with E-state index in [9.17, 15) is 0 Å². The summed E-state index contributed by atoms with van der Waals surface area (Å²) in [5.41, 5.74) is 4.78. The molecular formula is C4H13NO2S. The molecular weight excluding hydrogens is 126 g/mol. The van der Waals surface area contributed by atoms with Gasteiger partial charge in [-0.05, 0) is 0 Å². The number of aliphatic hydroxyl groups excluding tert-OH is 2. The van der Waals surface area contributed by atoms with Crippen molar-refractivity contribution in [3.63, 3.8) is 0 Å². The van der Waals surface area contributed by atoms with E-state index in [1.54, 1.807) is 0 Å². The lowest BCUT2D eigenvalue weighted by molar-refractivity contribution is 0.306. The van der Waals surface area contributed by atoms with Gasteiger partial charge in [-0.25, -0.2) is 0 Å². The van der Waals surface area contributed by atoms with Crippen molar-refractivity contribution in [2.24, 2.45) is 5.73 Å². The molecule has 0 aliphatic heterocycles. The van der Waals surface area contributed by atoms with Gasteiger partial charge in [0.1, 0.15) is 0 Å². The monoisotopic (exact) mass is 139 g/mol. The molecule has 4 N–H and O–H groups in total. The molecule has 0 aromatic rings. The summed E-state index contributed by atoms with van der Waals surface area (Å²) in [6.07, 6.45) is 0. The van der Waals surface area contributed by atoms with Gasteiger partial charge in [0.25, 0.3) is 0 Å². The van der Waals surface area contributed by atoms with E-state index in [4.69, 9.17) is 15.9 Å². The first-order valence-electron chi connectivity index (χ1n) is 2.36. The summed E-state index contributed by atoms with van der Waals surface area (Å²) in [6, 6.07) is 0. The fraction of sp³-hybridized carbons (Fsp3) is 1.00. The minimum atomic E-state index is 0.0972. The van der Waals surface area contributed by atoms with Gasteiger partial charge >= 0.3 is 0 Å². The summed E-state index contributed by atoms with van der Waals surface area (Å²) in [5, 5.41) is 15.5. The van der Waals surface area contributed by atoms with Crippen molar-refractivity contribution in [1.82, 2.24) is 0 Å². The zero-order valence-corrected chi connectivity index (χ0v) is 5.64. The maximum atomic E-state index is 7.80. The van der Waals surface area contributed by atoms with Gasteiger partial charge in [0.2, 0.25) is 0 Å². The molecule has 0 aromatic carbocycles. The van der Waals surface area contributed by atoms with Gasteiger partial charge in [-0.2, -0.15) is 12.6 Å². The molecule has 52 valence electrons. The fourth-order valence-corrected chi connectivity index (χ4v) is 0. The molecule has 0 aliphatic carbocycles. The zero-order valence-electron chi connectivity index (χ0n) is 4.75. The molecule has 4 heteroatoms. The molecule has 0 heterocycles. The maximum Gasteiger partial charge on any atom is 0.0553 e. The van der Waals surface area contributed by atoms with Gasteiger partial charge in [0.05, 0.1) is 13.2 Å². The van der Waals surface area contributed by atoms with Gasteiger partial charge in [0.15, 0.2) is 0 Å². The lowest BCUT2D eigenvalue weighted by Crippen LogP contribution is -2.02. The predicted octanol–water partition coefficient (Wildman–Crippen LogP) is -1.15. The third-order valence-corrected chi connectivity index (χ3v) is 0.429. The van der Waals surface area contributed by atoms with E-state index < -0.39 is 0 Å². The van der Waals surface area contributed by atoms with Crippen LogP contribution < -0.4 is 5.73 Å². The van der Waals surface area contributed by atoms with Crippen LogP contribution in [0.15, 0.2) is 0 Å². The lowest BCUT2D eigenvalue weighted by atomic mass is 10.8. The van der Waals surface area contributed by atoms with Crippen LogP contribution >= 0.6 is 12.6 Å². The van der Waals surface area contributed by atoms with Crippen molar-refractivity contribution in [1.29, 1.82) is 0 Å². The predicted molar refractivity (Wildman–Crippen MR) is 37.1 cm³/mol. The molecule has 0 bridgehead atoms. The largest absolute Gasteiger partial charge is 0.396 e. The number of nitrogens with two attached hydrogens (primary N) is 1. The van der Waals surface area contributed by atoms with Crippen molar-refractivity contribution < 1.29 is 10.2 Å². The van der Waals surface area contributed by atoms with Crippen LogP contribution in [0.1, 0.15) is 0 Å². The Morgan fingerprint density at radius 2 is 1.50 bits per heavy atom. The number of hydrogen-bond donors (Lipinski definition) is 4. The second-order valence-corrected chi connectivity index (χ2v) is 1.41. The summed E-state index contributed by atoms with van der Waals surface area (Å²) in [7, 11) is 0. The molecule has 0 radical (unpaired) electrons. The Morgan fingerprint density at radius 1 is 1.25 bits per heavy atom. The summed E-state index contributed by atoms with van der Waals surface area (Å²) >= 11 is 3.67. The molecule has 0 unspecified atom stereocenters. The lowest BCUT2D eigenvalue weighted by Gasteiger charge is -1.71. The van der Waals surface area contributed by atoms with E-state index in [1.807, 2.05) is 0 Å². The van der Waals surface area contributed by atoms with Crippen LogP contribution in [-0.4, -0.2) is 35.7 Å². The summed E-state index contributed by atoms with van der Waals surface area (Å²) in [6.45, 7) is 0.656. The Bertz CT molecular complexity index is 22.0. The van der Waals surface area contributed by atoms with Crippen LogP contribution in [0.25, 0.3) is 0 Å². The smallest absolute Gasteiger partial charge is 0.0553 e. The zero-order chi connectivity index (χ0) is 6.83. The van der Waals surface area contributed by atoms with Gasteiger partial charge < -0.3 is 15.9 Å². The standard InChI is InChI=1S/C2H7NO.C2H6OS/c2*3-1-2-4/h4H,1-3H2;3-4H,1-2H2. The number of aliphatic hydroxyl groups is 2. The highest BCUT2D eigenvalue weighted by Crippen LogP contribution is 1.61. The average Bonchev–Trinajstić information content (AvgIpc) is 1.88. The first kappa shape index (κ1) is 11.1. The number of rotatable bonds is 2. The Morgan fingerprint density at radius 3 is 1.50 bits per heavy atom. The first-order valence-corrected chi connectivity index (χ1v) is 2.99. The highest BCUT2D eigenvalue weighted by Gasteiger charge is 1.57. The topological polar surface area (TPSA) is 66.5 Å². The quantitative estimate of drug-likeness (QED) is 0.365. The molecule has 0 rings (SSSR count). The Labute approximate surface area is 54.9 Å². The second-order valence-electron chi connectivity index (χ2n) is 0.959. The van der Waals surface area contributed by atoms with Crippen LogP contribution in [0.5, 0.6) is 0 Å². The number of hydrogen-bond acceptors (Lipinski definition) is 4. The molecule has 0 spiro atoms. The van der Waals surface area contributed by atoms with Crippen molar-refractivity contribution in [3.05, 3.63) is 0 Å². The van der Waals surface area contributed by atoms with E-state index >= 15 is 0 Å². The molecule has 0 atom stereocenters. The third-order valence-electron chi connectivity index (χ3n) is 0.229. The molecule has 8 heavy (non-hydrogen) atoms. The van der Waals surface area contributed by atoms with Crippen LogP contribution in [0, 0.1) is 0 Å². The highest BCUT2D eigenvalue weighted by atomic mass is 32.1. The third kappa shape index (κ3) is 34.3. The van der Waals surface area contributed by atoms with Crippen molar-refractivity contribution in [2.45, 2.75) is 0 Å². The van der Waals surface area contributed by atoms with Crippen molar-refractivity contribution in [2.75, 3.05) is 25.5 Å². The SMILES string of the molecule is NCCO.OCCS. The molecule has 0 saturated heterocycles. The molecule has 0 aromatic heterocycles. The van der Waals surface area contributed by atoms with E-state index in [-0.39, 0.29) is 13.2 Å². The van der Waals surface area contributed by atoms with Gasteiger partial charge in [-0.15, -0.1) is 0 Å². The summed E-state index contributed by atoms with van der Waals surface area (Å²) in [5.74, 6) is 0.569. The van der Waals surface area contributed by atoms with Crippen LogP contribution in [0.3, 0.4) is 0 Å². The first-order chi connectivity index (χ1) is 3.83. The summed E-state index contributed by atoms with van der Waals surface area (Å²) < 4.78 is 0. The van der Waals surface area contributed by atoms with Gasteiger partial charge in [-0.3, -0.25) is 0 Å². The normalized spacial score (nSPS) is 7.50. The van der Waals surface area contributed by atoms with Crippen molar-refractivity contribution >= 4 is 12.6 Å². The van der Waals surface area contributed by atoms with Crippen LogP contribution in [0.4, 0.5) is 0 Å². The Balaban J connectivity index is 0. The fourth-order valence-electron chi connectivity index (χ4n) is 0. The summed E-state index contributed by atoms with van der Waals surface area (Å²) in [4.78, 5) is 0. The van der Waals surface area contributed by atoms with E-state index in [0.717, 1.165) is 0 Å². The molecule has 0 aliphatic rings. The minimum absolute atomic E-state index is 0.0972.